The van der Waals surface area contributed by atoms with Crippen molar-refractivity contribution in [3.8, 4) is 22.6 Å². The lowest BCUT2D eigenvalue weighted by molar-refractivity contribution is 0.0526. The summed E-state index contributed by atoms with van der Waals surface area (Å²) in [5, 5.41) is 8.89. The molecule has 1 aliphatic rings. The molecule has 2 aromatic heterocycles. The number of carbonyl (C=O) groups is 1. The zero-order chi connectivity index (χ0) is 24.9. The Bertz CT molecular complexity index is 1340. The molecular formula is C28H28N6O2. The topological polar surface area (TPSA) is 84.3 Å². The van der Waals surface area contributed by atoms with Crippen LogP contribution in [0.1, 0.15) is 22.8 Å². The molecule has 8 nitrogen and oxygen atoms in total. The van der Waals surface area contributed by atoms with Gasteiger partial charge in [-0.1, -0.05) is 54.1 Å². The zero-order valence-corrected chi connectivity index (χ0v) is 20.5. The van der Waals surface area contributed by atoms with E-state index in [1.807, 2.05) is 73.7 Å². The van der Waals surface area contributed by atoms with Crippen molar-refractivity contribution in [1.29, 1.82) is 0 Å². The average Bonchev–Trinajstić information content (AvgIpc) is 2.93. The van der Waals surface area contributed by atoms with E-state index in [4.69, 9.17) is 9.72 Å². The Morgan fingerprint density at radius 1 is 0.889 bits per heavy atom. The van der Waals surface area contributed by atoms with Crippen molar-refractivity contribution >= 4 is 17.6 Å². The first kappa shape index (κ1) is 23.4. The number of benzene rings is 2. The lowest BCUT2D eigenvalue weighted by Crippen LogP contribution is -2.47. The zero-order valence-electron chi connectivity index (χ0n) is 20.5. The predicted molar refractivity (Wildman–Crippen MR) is 140 cm³/mol. The number of aromatic nitrogens is 4. The number of carbonyl (C=O) groups excluding carboxylic acids is 1. The summed E-state index contributed by atoms with van der Waals surface area (Å²) < 4.78 is 5.29. The molecule has 0 bridgehead atoms. The van der Waals surface area contributed by atoms with Gasteiger partial charge in [-0.2, -0.15) is 0 Å². The van der Waals surface area contributed by atoms with Crippen LogP contribution in [0, 0.1) is 6.92 Å². The molecule has 36 heavy (non-hydrogen) atoms. The summed E-state index contributed by atoms with van der Waals surface area (Å²) >= 11 is 0. The summed E-state index contributed by atoms with van der Waals surface area (Å²) in [4.78, 5) is 26.3. The van der Waals surface area contributed by atoms with Crippen LogP contribution in [-0.4, -0.2) is 58.9 Å². The molecule has 0 amide bonds. The Morgan fingerprint density at radius 2 is 1.64 bits per heavy atom. The molecule has 0 aliphatic carbocycles. The molecule has 182 valence electrons. The lowest BCUT2D eigenvalue weighted by atomic mass is 10.1. The van der Waals surface area contributed by atoms with Gasteiger partial charge >= 0.3 is 5.97 Å². The van der Waals surface area contributed by atoms with Crippen molar-refractivity contribution in [3.63, 3.8) is 0 Å². The van der Waals surface area contributed by atoms with Crippen LogP contribution in [0.4, 0.5) is 11.6 Å². The second kappa shape index (κ2) is 10.5. The fraction of sp³-hybridized carbons (Fsp3) is 0.250. The van der Waals surface area contributed by atoms with Crippen molar-refractivity contribution in [3.05, 3.63) is 84.1 Å². The minimum atomic E-state index is -0.409. The molecule has 0 atom stereocenters. The number of aryl methyl sites for hydroxylation is 1. The largest absolute Gasteiger partial charge is 0.462 e. The van der Waals surface area contributed by atoms with Gasteiger partial charge in [-0.05, 0) is 32.0 Å². The predicted octanol–water partition coefficient (Wildman–Crippen LogP) is 4.41. The van der Waals surface area contributed by atoms with E-state index in [2.05, 4.69) is 25.0 Å². The quantitative estimate of drug-likeness (QED) is 0.375. The van der Waals surface area contributed by atoms with E-state index in [0.29, 0.717) is 36.9 Å². The highest BCUT2D eigenvalue weighted by molar-refractivity contribution is 5.95. The Balaban J connectivity index is 1.35. The molecule has 0 unspecified atom stereocenters. The first-order valence-corrected chi connectivity index (χ1v) is 12.1. The summed E-state index contributed by atoms with van der Waals surface area (Å²) in [6.45, 7) is 6.94. The van der Waals surface area contributed by atoms with Gasteiger partial charge in [-0.3, -0.25) is 0 Å². The molecule has 1 saturated heterocycles. The standard InChI is InChI=1S/C28H28N6O2/c1-3-36-28(35)23-19-29-26(22-11-7-8-20(2)18-22)30-27(23)34-16-14-33(15-17-34)25-13-12-24(31-32-25)21-9-5-4-6-10-21/h4-13,18-19H,3,14-17H2,1-2H3. The van der Waals surface area contributed by atoms with Crippen LogP contribution >= 0.6 is 0 Å². The number of esters is 1. The monoisotopic (exact) mass is 480 g/mol. The summed E-state index contributed by atoms with van der Waals surface area (Å²) in [7, 11) is 0. The molecular weight excluding hydrogens is 452 g/mol. The summed E-state index contributed by atoms with van der Waals surface area (Å²) in [6.07, 6.45) is 1.58. The summed E-state index contributed by atoms with van der Waals surface area (Å²) in [5.74, 6) is 1.62. The van der Waals surface area contributed by atoms with Gasteiger partial charge in [0.25, 0.3) is 0 Å². The average molecular weight is 481 g/mol. The van der Waals surface area contributed by atoms with Gasteiger partial charge in [-0.15, -0.1) is 10.2 Å². The van der Waals surface area contributed by atoms with Gasteiger partial charge in [0.15, 0.2) is 11.6 Å². The second-order valence-electron chi connectivity index (χ2n) is 8.64. The van der Waals surface area contributed by atoms with E-state index in [1.54, 1.807) is 13.1 Å². The molecule has 0 spiro atoms. The van der Waals surface area contributed by atoms with Gasteiger partial charge in [0, 0.05) is 43.5 Å². The normalized spacial score (nSPS) is 13.5. The van der Waals surface area contributed by atoms with Crippen molar-refractivity contribution in [1.82, 2.24) is 20.2 Å². The number of ether oxygens (including phenoxy) is 1. The molecule has 0 radical (unpaired) electrons. The second-order valence-corrected chi connectivity index (χ2v) is 8.64. The number of piperazine rings is 1. The van der Waals surface area contributed by atoms with Crippen LogP contribution in [0.5, 0.6) is 0 Å². The first-order valence-electron chi connectivity index (χ1n) is 12.1. The molecule has 5 rings (SSSR count). The van der Waals surface area contributed by atoms with Crippen LogP contribution < -0.4 is 9.80 Å². The highest BCUT2D eigenvalue weighted by Gasteiger charge is 2.25. The Kier molecular flexibility index (Phi) is 6.84. The maximum atomic E-state index is 12.7. The van der Waals surface area contributed by atoms with Crippen LogP contribution in [0.25, 0.3) is 22.6 Å². The van der Waals surface area contributed by atoms with Gasteiger partial charge in [0.2, 0.25) is 0 Å². The van der Waals surface area contributed by atoms with Crippen molar-refractivity contribution in [2.45, 2.75) is 13.8 Å². The van der Waals surface area contributed by atoms with Crippen LogP contribution in [0.15, 0.2) is 72.9 Å². The first-order chi connectivity index (χ1) is 17.6. The van der Waals surface area contributed by atoms with E-state index in [0.717, 1.165) is 41.3 Å². The number of hydrogen-bond donors (Lipinski definition) is 0. The molecule has 0 saturated carbocycles. The Morgan fingerprint density at radius 3 is 2.33 bits per heavy atom. The number of hydrogen-bond acceptors (Lipinski definition) is 8. The van der Waals surface area contributed by atoms with Crippen molar-refractivity contribution < 1.29 is 9.53 Å². The van der Waals surface area contributed by atoms with Crippen LogP contribution in [0.3, 0.4) is 0 Å². The summed E-state index contributed by atoms with van der Waals surface area (Å²) in [5.41, 5.74) is 4.32. The molecule has 4 aromatic rings. The number of nitrogens with zero attached hydrogens (tertiary/aromatic N) is 6. The highest BCUT2D eigenvalue weighted by atomic mass is 16.5. The number of anilines is 2. The van der Waals surface area contributed by atoms with Crippen LogP contribution in [-0.2, 0) is 4.74 Å². The molecule has 8 heteroatoms. The fourth-order valence-corrected chi connectivity index (χ4v) is 4.29. The highest BCUT2D eigenvalue weighted by Crippen LogP contribution is 2.26. The Hall–Kier alpha value is -4.33. The molecule has 1 fully saturated rings. The van der Waals surface area contributed by atoms with Gasteiger partial charge < -0.3 is 14.5 Å². The SMILES string of the molecule is CCOC(=O)c1cnc(-c2cccc(C)c2)nc1N1CCN(c2ccc(-c3ccccc3)nn2)CC1. The minimum absolute atomic E-state index is 0.295. The minimum Gasteiger partial charge on any atom is -0.462 e. The molecule has 2 aromatic carbocycles. The van der Waals surface area contributed by atoms with Gasteiger partial charge in [0.05, 0.1) is 12.3 Å². The third-order valence-corrected chi connectivity index (χ3v) is 6.16. The third-order valence-electron chi connectivity index (χ3n) is 6.16. The molecule has 3 heterocycles. The van der Waals surface area contributed by atoms with Crippen LogP contribution in [0.2, 0.25) is 0 Å². The lowest BCUT2D eigenvalue weighted by Gasteiger charge is -2.36. The van der Waals surface area contributed by atoms with Gasteiger partial charge in [0.1, 0.15) is 11.4 Å². The summed E-state index contributed by atoms with van der Waals surface area (Å²) in [6, 6.07) is 22.1. The smallest absolute Gasteiger partial charge is 0.343 e. The van der Waals surface area contributed by atoms with E-state index >= 15 is 0 Å². The van der Waals surface area contributed by atoms with Crippen molar-refractivity contribution in [2.75, 3.05) is 42.6 Å². The maximum Gasteiger partial charge on any atom is 0.343 e. The van der Waals surface area contributed by atoms with Crippen molar-refractivity contribution in [2.24, 2.45) is 0 Å². The van der Waals surface area contributed by atoms with Gasteiger partial charge in [-0.25, -0.2) is 14.8 Å². The van der Waals surface area contributed by atoms with E-state index < -0.39 is 5.97 Å². The Labute approximate surface area is 210 Å². The molecule has 1 aliphatic heterocycles. The number of rotatable bonds is 6. The third kappa shape index (κ3) is 5.02. The van der Waals surface area contributed by atoms with E-state index in [1.165, 1.54) is 0 Å². The van der Waals surface area contributed by atoms with E-state index in [-0.39, 0.29) is 0 Å². The van der Waals surface area contributed by atoms with E-state index in [9.17, 15) is 4.79 Å². The fourth-order valence-electron chi connectivity index (χ4n) is 4.29. The molecule has 0 N–H and O–H groups in total. The maximum absolute atomic E-state index is 12.7.